The number of hydrogen-bond donors (Lipinski definition) is 0. The molecule has 0 radical (unpaired) electrons. The smallest absolute Gasteiger partial charge is 0.215 e. The van der Waals surface area contributed by atoms with Crippen LogP contribution in [0.1, 0.15) is 18.4 Å². The fourth-order valence-corrected chi connectivity index (χ4v) is 5.86. The summed E-state index contributed by atoms with van der Waals surface area (Å²) in [6.07, 6.45) is 2.52. The largest absolute Gasteiger partial charge is 0.473 e. The van der Waals surface area contributed by atoms with Crippen LogP contribution < -0.4 is 9.64 Å². The van der Waals surface area contributed by atoms with Gasteiger partial charge in [-0.05, 0) is 43.5 Å². The number of ether oxygens (including phenoxy) is 2. The summed E-state index contributed by atoms with van der Waals surface area (Å²) in [6, 6.07) is 14.1. The summed E-state index contributed by atoms with van der Waals surface area (Å²) in [5.41, 5.74) is 2.05. The van der Waals surface area contributed by atoms with E-state index in [9.17, 15) is 0 Å². The number of anilines is 1. The van der Waals surface area contributed by atoms with E-state index < -0.39 is 0 Å². The molecular weight excluding hydrogens is 384 g/mol. The average Bonchev–Trinajstić information content (AvgIpc) is 3.38. The quantitative estimate of drug-likeness (QED) is 0.658. The van der Waals surface area contributed by atoms with E-state index in [2.05, 4.69) is 26.9 Å². The second kappa shape index (κ2) is 6.93. The summed E-state index contributed by atoms with van der Waals surface area (Å²) in [4.78, 5) is 15.3. The number of aromatic nitrogens is 2. The van der Waals surface area contributed by atoms with E-state index in [1.165, 1.54) is 25.9 Å². The molecule has 2 aromatic heterocycles. The molecule has 6 nitrogen and oxygen atoms in total. The Morgan fingerprint density at radius 3 is 2.72 bits per heavy atom. The van der Waals surface area contributed by atoms with Gasteiger partial charge in [-0.15, -0.1) is 0 Å². The molecule has 0 amide bonds. The van der Waals surface area contributed by atoms with Crippen molar-refractivity contribution in [2.24, 2.45) is 5.92 Å². The molecule has 6 heterocycles. The van der Waals surface area contributed by atoms with Gasteiger partial charge in [0, 0.05) is 12.6 Å². The van der Waals surface area contributed by atoms with Gasteiger partial charge in [0.25, 0.3) is 0 Å². The van der Waals surface area contributed by atoms with Crippen molar-refractivity contribution < 1.29 is 9.47 Å². The van der Waals surface area contributed by atoms with E-state index >= 15 is 0 Å². The van der Waals surface area contributed by atoms with E-state index in [1.54, 1.807) is 11.3 Å². The Bertz CT molecular complexity index is 1020. The highest BCUT2D eigenvalue weighted by Gasteiger charge is 2.52. The molecule has 29 heavy (non-hydrogen) atoms. The molecule has 2 bridgehead atoms. The van der Waals surface area contributed by atoms with Crippen molar-refractivity contribution in [3.63, 3.8) is 0 Å². The fourth-order valence-electron chi connectivity index (χ4n) is 4.95. The Kier molecular flexibility index (Phi) is 4.21. The normalized spacial score (nSPS) is 28.5. The van der Waals surface area contributed by atoms with Crippen LogP contribution >= 0.6 is 11.3 Å². The maximum Gasteiger partial charge on any atom is 0.215 e. The molecule has 1 atom stereocenters. The lowest BCUT2D eigenvalue weighted by molar-refractivity contribution is -0.116. The van der Waals surface area contributed by atoms with Crippen molar-refractivity contribution in [1.29, 1.82) is 0 Å². The molecule has 4 saturated heterocycles. The first-order valence-corrected chi connectivity index (χ1v) is 11.1. The lowest BCUT2D eigenvalue weighted by atomic mass is 9.75. The average molecular weight is 409 g/mol. The summed E-state index contributed by atoms with van der Waals surface area (Å²) in [5, 5.41) is 1.00. The van der Waals surface area contributed by atoms with E-state index in [0.29, 0.717) is 25.1 Å². The van der Waals surface area contributed by atoms with Crippen molar-refractivity contribution in [2.45, 2.75) is 25.0 Å². The van der Waals surface area contributed by atoms with Crippen molar-refractivity contribution >= 4 is 26.8 Å². The van der Waals surface area contributed by atoms with Gasteiger partial charge in [0.05, 0.1) is 6.54 Å². The second-order valence-corrected chi connectivity index (χ2v) is 9.29. The third-order valence-corrected chi connectivity index (χ3v) is 7.53. The number of hydrogen-bond acceptors (Lipinski definition) is 7. The Morgan fingerprint density at radius 2 is 1.93 bits per heavy atom. The lowest BCUT2D eigenvalue weighted by Gasteiger charge is -2.50. The number of piperidine rings is 3. The van der Waals surface area contributed by atoms with E-state index in [0.717, 1.165) is 34.1 Å². The van der Waals surface area contributed by atoms with Gasteiger partial charge in [0.1, 0.15) is 29.3 Å². The van der Waals surface area contributed by atoms with Crippen molar-refractivity contribution in [1.82, 2.24) is 14.9 Å². The first-order valence-electron chi connectivity index (χ1n) is 10.3. The van der Waals surface area contributed by atoms with E-state index in [1.807, 2.05) is 30.3 Å². The predicted molar refractivity (Wildman–Crippen MR) is 113 cm³/mol. The fraction of sp³-hybridized carbons (Fsp3) is 0.455. The third-order valence-electron chi connectivity index (χ3n) is 6.51. The van der Waals surface area contributed by atoms with E-state index in [-0.39, 0.29) is 5.60 Å². The number of rotatable bonds is 4. The maximum atomic E-state index is 6.40. The van der Waals surface area contributed by atoms with E-state index in [4.69, 9.17) is 14.5 Å². The number of nitrogens with zero attached hydrogens (tertiary/aromatic N) is 4. The Morgan fingerprint density at radius 1 is 1.07 bits per heavy atom. The van der Waals surface area contributed by atoms with Crippen LogP contribution in [0.3, 0.4) is 0 Å². The molecule has 1 spiro atoms. The molecule has 3 aromatic rings. The number of benzene rings is 1. The highest BCUT2D eigenvalue weighted by atomic mass is 32.1. The summed E-state index contributed by atoms with van der Waals surface area (Å²) < 4.78 is 12.3. The minimum absolute atomic E-state index is 0.00820. The minimum atomic E-state index is -0.00820. The monoisotopic (exact) mass is 408 g/mol. The number of fused-ring (bicyclic) bond motifs is 3. The molecule has 0 N–H and O–H groups in total. The van der Waals surface area contributed by atoms with Gasteiger partial charge in [0.2, 0.25) is 5.88 Å². The van der Waals surface area contributed by atoms with Gasteiger partial charge in [-0.3, -0.25) is 0 Å². The first-order chi connectivity index (χ1) is 14.3. The first kappa shape index (κ1) is 17.6. The second-order valence-electron chi connectivity index (χ2n) is 8.33. The highest BCUT2D eigenvalue weighted by molar-refractivity contribution is 7.21. The van der Waals surface area contributed by atoms with Crippen LogP contribution in [-0.4, -0.2) is 53.4 Å². The van der Waals surface area contributed by atoms with Crippen LogP contribution in [0.5, 0.6) is 5.88 Å². The van der Waals surface area contributed by atoms with Gasteiger partial charge in [-0.2, -0.15) is 0 Å². The lowest BCUT2D eigenvalue weighted by Crippen LogP contribution is -2.61. The van der Waals surface area contributed by atoms with Gasteiger partial charge in [-0.1, -0.05) is 41.7 Å². The standard InChI is InChI=1S/C22H24N4O2S/c1-2-4-16(5-3-1)12-27-19-7-6-18-20(24-19)29-21(23-18)26-14-22(28-15-26)13-25-10-8-17(22)9-11-25/h1-7,17H,8-15H2/t22-/m1/s1. The summed E-state index contributed by atoms with van der Waals surface area (Å²) in [6.45, 7) is 5.60. The maximum absolute atomic E-state index is 6.40. The topological polar surface area (TPSA) is 50.7 Å². The molecule has 7 heteroatoms. The van der Waals surface area contributed by atoms with Crippen LogP contribution in [0, 0.1) is 5.92 Å². The van der Waals surface area contributed by atoms with Crippen LogP contribution in [0.2, 0.25) is 0 Å². The number of thiazole rings is 1. The molecule has 4 aliphatic rings. The number of pyridine rings is 1. The van der Waals surface area contributed by atoms with Crippen molar-refractivity contribution in [3.05, 3.63) is 48.0 Å². The van der Waals surface area contributed by atoms with Crippen molar-refractivity contribution in [3.8, 4) is 5.88 Å². The summed E-state index contributed by atoms with van der Waals surface area (Å²) in [5.74, 6) is 1.33. The van der Waals surface area contributed by atoms with Gasteiger partial charge in [0.15, 0.2) is 5.13 Å². The zero-order valence-corrected chi connectivity index (χ0v) is 17.1. The molecule has 4 fully saturated rings. The molecule has 0 saturated carbocycles. The summed E-state index contributed by atoms with van der Waals surface area (Å²) in [7, 11) is 0. The van der Waals surface area contributed by atoms with Gasteiger partial charge in [-0.25, -0.2) is 9.97 Å². The minimum Gasteiger partial charge on any atom is -0.473 e. The molecule has 1 aromatic carbocycles. The van der Waals surface area contributed by atoms with Crippen molar-refractivity contribution in [2.75, 3.05) is 37.8 Å². The molecule has 0 unspecified atom stereocenters. The van der Waals surface area contributed by atoms with Crippen LogP contribution in [0.4, 0.5) is 5.13 Å². The summed E-state index contributed by atoms with van der Waals surface area (Å²) >= 11 is 1.63. The Hall–Kier alpha value is -2.22. The van der Waals surface area contributed by atoms with Gasteiger partial charge < -0.3 is 19.3 Å². The predicted octanol–water partition coefficient (Wildman–Crippen LogP) is 3.53. The third kappa shape index (κ3) is 3.17. The Balaban J connectivity index is 1.19. The molecule has 0 aliphatic carbocycles. The van der Waals surface area contributed by atoms with Gasteiger partial charge >= 0.3 is 0 Å². The molecule has 7 rings (SSSR count). The van der Waals surface area contributed by atoms with Crippen LogP contribution in [0.15, 0.2) is 42.5 Å². The zero-order chi connectivity index (χ0) is 19.3. The highest BCUT2D eigenvalue weighted by Crippen LogP contribution is 2.43. The molecule has 4 aliphatic heterocycles. The SMILES string of the molecule is c1ccc(COc2ccc3nc(N4CO[C@]5(CN6CCC5CC6)C4)sc3n2)cc1. The molecule has 150 valence electrons. The van der Waals surface area contributed by atoms with Crippen LogP contribution in [-0.2, 0) is 11.3 Å². The molecular formula is C22H24N4O2S. The Labute approximate surface area is 174 Å². The van der Waals surface area contributed by atoms with Crippen LogP contribution in [0.25, 0.3) is 10.3 Å². The zero-order valence-electron chi connectivity index (χ0n) is 16.3.